The smallest absolute Gasteiger partial charge is 0.422 e. The molecule has 0 aromatic heterocycles. The summed E-state index contributed by atoms with van der Waals surface area (Å²) >= 11 is 0. The number of alkyl halides is 3. The molecule has 110 valence electrons. The first-order valence-corrected chi connectivity index (χ1v) is 5.01. The van der Waals surface area contributed by atoms with Crippen LogP contribution in [0.5, 0.6) is 0 Å². The lowest BCUT2D eigenvalue weighted by Gasteiger charge is -2.29. The summed E-state index contributed by atoms with van der Waals surface area (Å²) in [6.45, 7) is 0.308. The van der Waals surface area contributed by atoms with Crippen LogP contribution < -0.4 is 5.32 Å². The Labute approximate surface area is 109 Å². The van der Waals surface area contributed by atoms with Gasteiger partial charge in [0.15, 0.2) is 0 Å². The molecule has 10 heteroatoms. The Bertz CT molecular complexity index is 561. The number of carboxylic acids is 1. The first kappa shape index (κ1) is 15.7. The standard InChI is InChI=1S/C10H8F4N2O4/c1-9(8(17)18,10(12,13)14)15-6-3-2-5(11)4-7(6)16(19)20/h2-4,15H,1H3,(H,17,18). The number of benzene rings is 1. The van der Waals surface area contributed by atoms with E-state index in [0.29, 0.717) is 25.1 Å². The van der Waals surface area contributed by atoms with Crippen LogP contribution in [0.15, 0.2) is 18.2 Å². The quantitative estimate of drug-likeness (QED) is 0.506. The van der Waals surface area contributed by atoms with Gasteiger partial charge in [0.2, 0.25) is 5.54 Å². The number of hydrogen-bond acceptors (Lipinski definition) is 4. The number of carbonyl (C=O) groups is 1. The van der Waals surface area contributed by atoms with Crippen LogP contribution in [-0.2, 0) is 4.79 Å². The molecule has 0 aliphatic carbocycles. The number of anilines is 1. The fourth-order valence-corrected chi connectivity index (χ4v) is 1.28. The molecule has 20 heavy (non-hydrogen) atoms. The van der Waals surface area contributed by atoms with Crippen molar-refractivity contribution in [3.05, 3.63) is 34.1 Å². The summed E-state index contributed by atoms with van der Waals surface area (Å²) in [6.07, 6.45) is -5.22. The van der Waals surface area contributed by atoms with Gasteiger partial charge in [-0.25, -0.2) is 9.18 Å². The van der Waals surface area contributed by atoms with Crippen molar-refractivity contribution in [1.82, 2.24) is 0 Å². The van der Waals surface area contributed by atoms with Gasteiger partial charge in [0.05, 0.1) is 11.0 Å². The molecule has 0 saturated carbocycles. The summed E-state index contributed by atoms with van der Waals surface area (Å²) < 4.78 is 51.2. The minimum Gasteiger partial charge on any atom is -0.479 e. The molecule has 1 rings (SSSR count). The fraction of sp³-hybridized carbons (Fsp3) is 0.300. The summed E-state index contributed by atoms with van der Waals surface area (Å²) in [7, 11) is 0. The Hall–Kier alpha value is -2.39. The van der Waals surface area contributed by atoms with Crippen LogP contribution in [0.3, 0.4) is 0 Å². The van der Waals surface area contributed by atoms with E-state index in [1.807, 2.05) is 0 Å². The molecule has 1 unspecified atom stereocenters. The van der Waals surface area contributed by atoms with Gasteiger partial charge in [-0.05, 0) is 19.1 Å². The summed E-state index contributed by atoms with van der Waals surface area (Å²) in [5.74, 6) is -3.31. The van der Waals surface area contributed by atoms with E-state index in [-0.39, 0.29) is 0 Å². The number of rotatable bonds is 4. The summed E-state index contributed by atoms with van der Waals surface area (Å²) in [4.78, 5) is 20.3. The lowest BCUT2D eigenvalue weighted by Crippen LogP contribution is -2.55. The molecule has 1 aromatic rings. The molecule has 0 heterocycles. The van der Waals surface area contributed by atoms with Crippen LogP contribution >= 0.6 is 0 Å². The molecule has 6 nitrogen and oxygen atoms in total. The molecule has 1 atom stereocenters. The highest BCUT2D eigenvalue weighted by Gasteiger charge is 2.58. The molecule has 0 radical (unpaired) electrons. The zero-order valence-electron chi connectivity index (χ0n) is 9.86. The second-order valence-electron chi connectivity index (χ2n) is 3.97. The highest BCUT2D eigenvalue weighted by Crippen LogP contribution is 2.36. The van der Waals surface area contributed by atoms with Crippen molar-refractivity contribution < 1.29 is 32.4 Å². The largest absolute Gasteiger partial charge is 0.479 e. The summed E-state index contributed by atoms with van der Waals surface area (Å²) in [5.41, 5.74) is -5.20. The highest BCUT2D eigenvalue weighted by atomic mass is 19.4. The zero-order chi connectivity index (χ0) is 15.7. The van der Waals surface area contributed by atoms with Crippen molar-refractivity contribution in [1.29, 1.82) is 0 Å². The van der Waals surface area contributed by atoms with E-state index in [1.54, 1.807) is 0 Å². The first-order chi connectivity index (χ1) is 8.99. The third kappa shape index (κ3) is 2.78. The monoisotopic (exact) mass is 296 g/mol. The van der Waals surface area contributed by atoms with Crippen molar-refractivity contribution in [2.45, 2.75) is 18.6 Å². The Morgan fingerprint density at radius 3 is 2.35 bits per heavy atom. The van der Waals surface area contributed by atoms with Crippen LogP contribution in [0.1, 0.15) is 6.92 Å². The average Bonchev–Trinajstić information content (AvgIpc) is 2.29. The topological polar surface area (TPSA) is 92.5 Å². The number of nitro benzene ring substituents is 1. The molecule has 0 bridgehead atoms. The Kier molecular flexibility index (Phi) is 3.87. The van der Waals surface area contributed by atoms with Crippen LogP contribution in [-0.4, -0.2) is 27.7 Å². The van der Waals surface area contributed by atoms with Crippen molar-refractivity contribution in [3.8, 4) is 0 Å². The van der Waals surface area contributed by atoms with Gasteiger partial charge in [0.1, 0.15) is 11.5 Å². The number of carboxylic acid groups (broad SMARTS) is 1. The van der Waals surface area contributed by atoms with Crippen LogP contribution in [0.2, 0.25) is 0 Å². The van der Waals surface area contributed by atoms with Crippen LogP contribution in [0.25, 0.3) is 0 Å². The molecular weight excluding hydrogens is 288 g/mol. The van der Waals surface area contributed by atoms with Crippen LogP contribution in [0, 0.1) is 15.9 Å². The van der Waals surface area contributed by atoms with E-state index in [4.69, 9.17) is 5.11 Å². The normalized spacial score (nSPS) is 14.4. The van der Waals surface area contributed by atoms with Crippen molar-refractivity contribution in [3.63, 3.8) is 0 Å². The molecule has 0 aliphatic heterocycles. The van der Waals surface area contributed by atoms with E-state index in [0.717, 1.165) is 0 Å². The molecule has 1 aromatic carbocycles. The molecule has 2 N–H and O–H groups in total. The van der Waals surface area contributed by atoms with Gasteiger partial charge < -0.3 is 10.4 Å². The third-order valence-corrected chi connectivity index (χ3v) is 2.54. The van der Waals surface area contributed by atoms with E-state index >= 15 is 0 Å². The van der Waals surface area contributed by atoms with E-state index in [9.17, 15) is 32.5 Å². The predicted octanol–water partition coefficient (Wildman–Crippen LogP) is 2.55. The van der Waals surface area contributed by atoms with Crippen LogP contribution in [0.4, 0.5) is 28.9 Å². The van der Waals surface area contributed by atoms with Gasteiger partial charge in [-0.2, -0.15) is 13.2 Å². The molecule has 0 amide bonds. The number of aliphatic carboxylic acids is 1. The zero-order valence-corrected chi connectivity index (χ0v) is 9.86. The van der Waals surface area contributed by atoms with E-state index < -0.39 is 39.8 Å². The van der Waals surface area contributed by atoms with Crippen molar-refractivity contribution in [2.24, 2.45) is 0 Å². The van der Waals surface area contributed by atoms with Gasteiger partial charge in [0.25, 0.3) is 5.69 Å². The minimum atomic E-state index is -5.22. The number of nitro groups is 1. The minimum absolute atomic E-state index is 0.308. The molecule has 0 saturated heterocycles. The molecule has 0 spiro atoms. The lowest BCUT2D eigenvalue weighted by molar-refractivity contribution is -0.384. The second-order valence-corrected chi connectivity index (χ2v) is 3.97. The van der Waals surface area contributed by atoms with Gasteiger partial charge in [-0.3, -0.25) is 10.1 Å². The predicted molar refractivity (Wildman–Crippen MR) is 58.8 cm³/mol. The number of halogens is 4. The highest BCUT2D eigenvalue weighted by molar-refractivity contribution is 5.84. The Morgan fingerprint density at radius 1 is 1.40 bits per heavy atom. The maximum absolute atomic E-state index is 12.9. The summed E-state index contributed by atoms with van der Waals surface area (Å²) in [5, 5.41) is 20.9. The van der Waals surface area contributed by atoms with E-state index in [1.165, 1.54) is 5.32 Å². The lowest BCUT2D eigenvalue weighted by atomic mass is 10.0. The van der Waals surface area contributed by atoms with Gasteiger partial charge >= 0.3 is 12.1 Å². The molecule has 0 fully saturated rings. The van der Waals surface area contributed by atoms with Crippen molar-refractivity contribution >= 4 is 17.3 Å². The Balaban J connectivity index is 3.33. The maximum Gasteiger partial charge on any atom is 0.422 e. The number of nitrogens with zero attached hydrogens (tertiary/aromatic N) is 1. The van der Waals surface area contributed by atoms with E-state index in [2.05, 4.69) is 0 Å². The van der Waals surface area contributed by atoms with Crippen molar-refractivity contribution in [2.75, 3.05) is 5.32 Å². The maximum atomic E-state index is 12.9. The van der Waals surface area contributed by atoms with Gasteiger partial charge in [-0.1, -0.05) is 0 Å². The SMILES string of the molecule is CC(Nc1ccc(F)cc1[N+](=O)[O-])(C(=O)O)C(F)(F)F. The first-order valence-electron chi connectivity index (χ1n) is 5.01. The Morgan fingerprint density at radius 2 is 1.95 bits per heavy atom. The van der Waals surface area contributed by atoms with Gasteiger partial charge in [-0.15, -0.1) is 0 Å². The number of hydrogen-bond donors (Lipinski definition) is 2. The summed E-state index contributed by atoms with van der Waals surface area (Å²) in [6, 6.07) is 1.73. The second kappa shape index (κ2) is 4.94. The third-order valence-electron chi connectivity index (χ3n) is 2.54. The number of nitrogens with one attached hydrogen (secondary N) is 1. The molecule has 0 aliphatic rings. The molecular formula is C10H8F4N2O4. The fourth-order valence-electron chi connectivity index (χ4n) is 1.28. The average molecular weight is 296 g/mol. The van der Waals surface area contributed by atoms with Gasteiger partial charge in [0, 0.05) is 0 Å².